The molecule has 2 N–H and O–H groups in total. The number of nitrogens with two attached hydrogens (primary N) is 1. The first-order valence-corrected chi connectivity index (χ1v) is 9.45. The van der Waals surface area contributed by atoms with Crippen LogP contribution in [-0.4, -0.2) is 84.4 Å². The fourth-order valence-corrected chi connectivity index (χ4v) is 3.82. The quantitative estimate of drug-likeness (QED) is 0.839. The van der Waals surface area contributed by atoms with Crippen LogP contribution in [0, 0.1) is 0 Å². The van der Waals surface area contributed by atoms with Crippen molar-refractivity contribution in [3.05, 3.63) is 12.3 Å². The molecule has 0 bridgehead atoms. The molecule has 146 valence electrons. The molecular formula is C18H27N7O2. The van der Waals surface area contributed by atoms with Gasteiger partial charge in [0, 0.05) is 51.5 Å². The third-order valence-corrected chi connectivity index (χ3v) is 5.57. The Morgan fingerprint density at radius 2 is 1.89 bits per heavy atom. The predicted octanol–water partition coefficient (Wildman–Crippen LogP) is 0.939. The molecule has 2 aromatic rings. The van der Waals surface area contributed by atoms with Crippen LogP contribution < -0.4 is 15.4 Å². The highest BCUT2D eigenvalue weighted by molar-refractivity contribution is 5.60. The first-order valence-electron chi connectivity index (χ1n) is 9.45. The van der Waals surface area contributed by atoms with Crippen molar-refractivity contribution in [3.63, 3.8) is 0 Å². The molecule has 4 heterocycles. The molecule has 2 aliphatic rings. The summed E-state index contributed by atoms with van der Waals surface area (Å²) < 4.78 is 10.7. The van der Waals surface area contributed by atoms with E-state index in [2.05, 4.69) is 36.9 Å². The van der Waals surface area contributed by atoms with Gasteiger partial charge >= 0.3 is 0 Å². The summed E-state index contributed by atoms with van der Waals surface area (Å²) in [6, 6.07) is 2.42. The summed E-state index contributed by atoms with van der Waals surface area (Å²) in [4.78, 5) is 15.9. The Bertz CT molecular complexity index is 765. The summed E-state index contributed by atoms with van der Waals surface area (Å²) in [6.45, 7) is 6.54. The number of methoxy groups -OCH3 is 1. The van der Waals surface area contributed by atoms with E-state index < -0.39 is 0 Å². The minimum atomic E-state index is 0.340. The molecule has 0 aromatic carbocycles. The van der Waals surface area contributed by atoms with Crippen LogP contribution in [0.3, 0.4) is 0 Å². The molecule has 0 radical (unpaired) electrons. The van der Waals surface area contributed by atoms with E-state index in [0.29, 0.717) is 35.0 Å². The summed E-state index contributed by atoms with van der Waals surface area (Å²) in [5, 5.41) is 4.16. The van der Waals surface area contributed by atoms with Gasteiger partial charge in [0.15, 0.2) is 11.6 Å². The van der Waals surface area contributed by atoms with Crippen LogP contribution in [0.4, 0.5) is 11.8 Å². The van der Waals surface area contributed by atoms with Gasteiger partial charge in [-0.25, -0.2) is 4.98 Å². The van der Waals surface area contributed by atoms with Gasteiger partial charge in [0.25, 0.3) is 11.8 Å². The third kappa shape index (κ3) is 3.84. The maximum Gasteiger partial charge on any atom is 0.266 e. The van der Waals surface area contributed by atoms with Gasteiger partial charge < -0.3 is 24.8 Å². The van der Waals surface area contributed by atoms with Crippen LogP contribution >= 0.6 is 0 Å². The number of hydrogen-bond donors (Lipinski definition) is 1. The Labute approximate surface area is 159 Å². The second-order valence-corrected chi connectivity index (χ2v) is 7.27. The molecule has 2 saturated heterocycles. The van der Waals surface area contributed by atoms with Crippen molar-refractivity contribution in [2.75, 3.05) is 64.1 Å². The summed E-state index contributed by atoms with van der Waals surface area (Å²) in [5.74, 6) is 1.90. The number of piperazine rings is 1. The van der Waals surface area contributed by atoms with E-state index in [-0.39, 0.29) is 0 Å². The normalized spacial score (nSPS) is 20.1. The van der Waals surface area contributed by atoms with Crippen molar-refractivity contribution in [3.8, 4) is 17.2 Å². The van der Waals surface area contributed by atoms with Crippen molar-refractivity contribution in [2.45, 2.75) is 18.9 Å². The fourth-order valence-electron chi connectivity index (χ4n) is 3.82. The second-order valence-electron chi connectivity index (χ2n) is 7.27. The number of pyridine rings is 1. The number of aromatic nitrogens is 3. The zero-order valence-corrected chi connectivity index (χ0v) is 16.0. The number of nitrogen functional groups attached to an aromatic ring is 1. The Morgan fingerprint density at radius 1 is 1.15 bits per heavy atom. The van der Waals surface area contributed by atoms with E-state index in [1.54, 1.807) is 19.4 Å². The van der Waals surface area contributed by atoms with Crippen molar-refractivity contribution in [1.29, 1.82) is 0 Å². The van der Waals surface area contributed by atoms with Crippen molar-refractivity contribution in [2.24, 2.45) is 0 Å². The molecule has 0 atom stereocenters. The summed E-state index contributed by atoms with van der Waals surface area (Å²) in [5.41, 5.74) is 6.47. The van der Waals surface area contributed by atoms with Gasteiger partial charge in [0.2, 0.25) is 0 Å². The Balaban J connectivity index is 1.38. The topological polar surface area (TPSA) is 96.8 Å². The van der Waals surface area contributed by atoms with Gasteiger partial charge in [0.05, 0.1) is 12.7 Å². The summed E-state index contributed by atoms with van der Waals surface area (Å²) >= 11 is 0. The minimum Gasteiger partial charge on any atom is -0.493 e. The molecular weight excluding hydrogens is 346 g/mol. The smallest absolute Gasteiger partial charge is 0.266 e. The number of anilines is 2. The van der Waals surface area contributed by atoms with Crippen molar-refractivity contribution >= 4 is 11.8 Å². The highest BCUT2D eigenvalue weighted by Gasteiger charge is 2.28. The van der Waals surface area contributed by atoms with Gasteiger partial charge in [-0.15, -0.1) is 0 Å². The van der Waals surface area contributed by atoms with Crippen LogP contribution in [0.1, 0.15) is 12.8 Å². The van der Waals surface area contributed by atoms with Crippen molar-refractivity contribution in [1.82, 2.24) is 24.9 Å². The second kappa shape index (κ2) is 7.69. The molecule has 0 aliphatic carbocycles. The van der Waals surface area contributed by atoms with E-state index in [9.17, 15) is 0 Å². The first kappa shape index (κ1) is 18.0. The molecule has 0 amide bonds. The van der Waals surface area contributed by atoms with E-state index >= 15 is 0 Å². The molecule has 4 rings (SSSR count). The Morgan fingerprint density at radius 3 is 2.59 bits per heavy atom. The zero-order chi connectivity index (χ0) is 18.8. The molecule has 2 fully saturated rings. The van der Waals surface area contributed by atoms with Crippen LogP contribution in [0.25, 0.3) is 11.5 Å². The Kier molecular flexibility index (Phi) is 5.13. The average molecular weight is 373 g/mol. The first-order chi connectivity index (χ1) is 13.1. The zero-order valence-electron chi connectivity index (χ0n) is 16.0. The number of nitrogens with zero attached hydrogens (tertiary/aromatic N) is 6. The summed E-state index contributed by atoms with van der Waals surface area (Å²) in [6.07, 6.45) is 3.88. The van der Waals surface area contributed by atoms with Crippen LogP contribution in [-0.2, 0) is 0 Å². The van der Waals surface area contributed by atoms with E-state index in [1.165, 1.54) is 13.1 Å². The lowest BCUT2D eigenvalue weighted by molar-refractivity contribution is 0.0980. The standard InChI is InChI=1S/C18H27N7O2/c1-23-7-9-24(10-8-23)14-3-5-25(6-4-14)18-21-17(27-22-18)13-11-15(26-2)16(19)20-12-13/h11-12,14H,3-10H2,1-2H3,(H2,19,20). The van der Waals surface area contributed by atoms with Gasteiger partial charge in [-0.1, -0.05) is 0 Å². The number of hydrogen-bond acceptors (Lipinski definition) is 9. The largest absolute Gasteiger partial charge is 0.493 e. The van der Waals surface area contributed by atoms with Crippen LogP contribution in [0.2, 0.25) is 0 Å². The van der Waals surface area contributed by atoms with Gasteiger partial charge in [-0.2, -0.15) is 4.98 Å². The van der Waals surface area contributed by atoms with Gasteiger partial charge in [0.1, 0.15) is 0 Å². The molecule has 2 aromatic heterocycles. The fraction of sp³-hybridized carbons (Fsp3) is 0.611. The molecule has 27 heavy (non-hydrogen) atoms. The van der Waals surface area contributed by atoms with Crippen LogP contribution in [0.5, 0.6) is 5.75 Å². The number of rotatable bonds is 4. The molecule has 2 aliphatic heterocycles. The number of ether oxygens (including phenoxy) is 1. The molecule has 0 unspecified atom stereocenters. The number of likely N-dealkylation sites (N-methyl/N-ethyl adjacent to an activating group) is 1. The average Bonchev–Trinajstić information content (AvgIpc) is 3.19. The SMILES string of the molecule is COc1cc(-c2nc(N3CCC(N4CCN(C)CC4)CC3)no2)cnc1N. The maximum absolute atomic E-state index is 5.76. The van der Waals surface area contributed by atoms with Crippen LogP contribution in [0.15, 0.2) is 16.8 Å². The molecule has 9 heteroatoms. The van der Waals surface area contributed by atoms with Gasteiger partial charge in [-0.05, 0) is 31.1 Å². The maximum atomic E-state index is 5.76. The highest BCUT2D eigenvalue weighted by Crippen LogP contribution is 2.28. The van der Waals surface area contributed by atoms with Crippen molar-refractivity contribution < 1.29 is 9.26 Å². The monoisotopic (exact) mass is 373 g/mol. The lowest BCUT2D eigenvalue weighted by Gasteiger charge is -2.41. The predicted molar refractivity (Wildman–Crippen MR) is 103 cm³/mol. The lowest BCUT2D eigenvalue weighted by atomic mass is 10.0. The van der Waals surface area contributed by atoms with E-state index in [1.807, 2.05) is 0 Å². The molecule has 9 nitrogen and oxygen atoms in total. The minimum absolute atomic E-state index is 0.340. The lowest BCUT2D eigenvalue weighted by Crippen LogP contribution is -2.52. The van der Waals surface area contributed by atoms with Gasteiger partial charge in [-0.3, -0.25) is 4.90 Å². The number of piperidine rings is 1. The molecule has 0 spiro atoms. The van der Waals surface area contributed by atoms with E-state index in [4.69, 9.17) is 15.0 Å². The Hall–Kier alpha value is -2.39. The summed E-state index contributed by atoms with van der Waals surface area (Å²) in [7, 11) is 3.75. The highest BCUT2D eigenvalue weighted by atomic mass is 16.5. The van der Waals surface area contributed by atoms with E-state index in [0.717, 1.165) is 39.0 Å². The third-order valence-electron chi connectivity index (χ3n) is 5.57. The molecule has 0 saturated carbocycles.